The molecule has 3 rings (SSSR count). The van der Waals surface area contributed by atoms with E-state index in [-0.39, 0.29) is 36.4 Å². The molecule has 1 fully saturated rings. The third-order valence-electron chi connectivity index (χ3n) is 4.54. The quantitative estimate of drug-likeness (QED) is 0.766. The van der Waals surface area contributed by atoms with E-state index in [0.29, 0.717) is 36.6 Å². The van der Waals surface area contributed by atoms with Crippen LogP contribution in [0.15, 0.2) is 40.3 Å². The monoisotopic (exact) mass is 390 g/mol. The minimum atomic E-state index is -0.390. The van der Waals surface area contributed by atoms with Crippen molar-refractivity contribution in [3.05, 3.63) is 46.5 Å². The first-order valence-electron chi connectivity index (χ1n) is 8.86. The summed E-state index contributed by atoms with van der Waals surface area (Å²) in [5.41, 5.74) is 0. The zero-order chi connectivity index (χ0) is 19.2. The van der Waals surface area contributed by atoms with E-state index in [0.717, 1.165) is 0 Å². The van der Waals surface area contributed by atoms with Crippen LogP contribution in [0, 0.1) is 5.92 Å². The van der Waals surface area contributed by atoms with Gasteiger partial charge in [0.2, 0.25) is 0 Å². The van der Waals surface area contributed by atoms with E-state index in [1.807, 2.05) is 11.4 Å². The third kappa shape index (κ3) is 4.97. The van der Waals surface area contributed by atoms with Crippen LogP contribution in [-0.2, 0) is 14.3 Å². The van der Waals surface area contributed by atoms with Crippen LogP contribution < -0.4 is 5.32 Å². The van der Waals surface area contributed by atoms with Crippen LogP contribution in [0.3, 0.4) is 0 Å². The first-order valence-corrected chi connectivity index (χ1v) is 9.74. The number of carbonyl (C=O) groups excluding carboxylic acids is 3. The number of hydrogen-bond acceptors (Lipinski definition) is 6. The van der Waals surface area contributed by atoms with Gasteiger partial charge in [0.1, 0.15) is 5.76 Å². The average molecular weight is 390 g/mol. The Morgan fingerprint density at radius 1 is 1.30 bits per heavy atom. The molecular weight excluding hydrogens is 368 g/mol. The number of amides is 2. The molecule has 2 amide bonds. The number of piperidine rings is 1. The predicted octanol–water partition coefficient (Wildman–Crippen LogP) is 2.61. The van der Waals surface area contributed by atoms with E-state index in [9.17, 15) is 14.4 Å². The van der Waals surface area contributed by atoms with Gasteiger partial charge in [-0.3, -0.25) is 14.4 Å². The smallest absolute Gasteiger partial charge is 0.309 e. The maximum absolute atomic E-state index is 12.3. The fraction of sp³-hybridized carbons (Fsp3) is 0.421. The van der Waals surface area contributed by atoms with Crippen molar-refractivity contribution in [2.75, 3.05) is 19.7 Å². The molecule has 0 bridgehead atoms. The average Bonchev–Trinajstić information content (AvgIpc) is 3.39. The van der Waals surface area contributed by atoms with Crippen LogP contribution in [0.25, 0.3) is 0 Å². The number of nitrogens with one attached hydrogen (secondary N) is 1. The molecule has 2 aromatic rings. The maximum Gasteiger partial charge on any atom is 0.309 e. The zero-order valence-corrected chi connectivity index (χ0v) is 15.9. The Kier molecular flexibility index (Phi) is 6.28. The summed E-state index contributed by atoms with van der Waals surface area (Å²) in [7, 11) is 0. The maximum atomic E-state index is 12.3. The van der Waals surface area contributed by atoms with Gasteiger partial charge in [-0.1, -0.05) is 6.07 Å². The fourth-order valence-corrected chi connectivity index (χ4v) is 3.71. The van der Waals surface area contributed by atoms with Crippen molar-refractivity contribution in [1.82, 2.24) is 10.2 Å². The highest BCUT2D eigenvalue weighted by Gasteiger charge is 2.29. The summed E-state index contributed by atoms with van der Waals surface area (Å²) < 4.78 is 10.4. The standard InChI is InChI=1S/C19H22N2O5S/c1-13(15-4-2-10-25-15)20-17(22)12-26-19(24)14-6-8-21(9-7-14)18(23)16-5-3-11-27-16/h2-5,10-11,13-14H,6-9,12H2,1H3,(H,20,22)/t13-/m1/s1. The van der Waals surface area contributed by atoms with Crippen molar-refractivity contribution in [2.45, 2.75) is 25.8 Å². The molecule has 7 nitrogen and oxygen atoms in total. The molecule has 1 aliphatic rings. The van der Waals surface area contributed by atoms with Crippen LogP contribution in [0.1, 0.15) is 41.2 Å². The summed E-state index contributed by atoms with van der Waals surface area (Å²) in [6.07, 6.45) is 2.62. The molecule has 0 unspecified atom stereocenters. The van der Waals surface area contributed by atoms with E-state index in [4.69, 9.17) is 9.15 Å². The number of rotatable bonds is 6. The van der Waals surface area contributed by atoms with Crippen molar-refractivity contribution < 1.29 is 23.5 Å². The normalized spacial score (nSPS) is 16.0. The van der Waals surface area contributed by atoms with E-state index < -0.39 is 0 Å². The minimum absolute atomic E-state index is 0.00288. The summed E-state index contributed by atoms with van der Waals surface area (Å²) in [4.78, 5) is 38.9. The van der Waals surface area contributed by atoms with Crippen LogP contribution >= 0.6 is 11.3 Å². The highest BCUT2D eigenvalue weighted by Crippen LogP contribution is 2.21. The molecule has 1 N–H and O–H groups in total. The lowest BCUT2D eigenvalue weighted by atomic mass is 9.97. The second-order valence-electron chi connectivity index (χ2n) is 6.46. The zero-order valence-electron chi connectivity index (χ0n) is 15.1. The van der Waals surface area contributed by atoms with Gasteiger partial charge in [0.15, 0.2) is 6.61 Å². The molecule has 2 aromatic heterocycles. The van der Waals surface area contributed by atoms with Gasteiger partial charge >= 0.3 is 5.97 Å². The Hall–Kier alpha value is -2.61. The molecule has 1 aliphatic heterocycles. The number of likely N-dealkylation sites (tertiary alicyclic amines) is 1. The number of thiophene rings is 1. The van der Waals surface area contributed by atoms with Crippen LogP contribution in [0.2, 0.25) is 0 Å². The van der Waals surface area contributed by atoms with Crippen molar-refractivity contribution in [3.63, 3.8) is 0 Å². The highest BCUT2D eigenvalue weighted by molar-refractivity contribution is 7.12. The highest BCUT2D eigenvalue weighted by atomic mass is 32.1. The second kappa shape index (κ2) is 8.85. The van der Waals surface area contributed by atoms with Gasteiger partial charge in [0, 0.05) is 13.1 Å². The van der Waals surface area contributed by atoms with E-state index >= 15 is 0 Å². The summed E-state index contributed by atoms with van der Waals surface area (Å²) in [5.74, 6) is -0.412. The number of nitrogens with zero attached hydrogens (tertiary/aromatic N) is 1. The Morgan fingerprint density at radius 3 is 2.70 bits per heavy atom. The number of carbonyl (C=O) groups is 3. The first-order chi connectivity index (χ1) is 13.0. The van der Waals surface area contributed by atoms with Crippen LogP contribution in [0.5, 0.6) is 0 Å². The van der Waals surface area contributed by atoms with Gasteiger partial charge in [-0.25, -0.2) is 0 Å². The van der Waals surface area contributed by atoms with Gasteiger partial charge < -0.3 is 19.4 Å². The summed E-state index contributed by atoms with van der Waals surface area (Å²) >= 11 is 1.41. The molecule has 144 valence electrons. The molecule has 0 aromatic carbocycles. The molecule has 8 heteroatoms. The van der Waals surface area contributed by atoms with Crippen molar-refractivity contribution >= 4 is 29.1 Å². The van der Waals surface area contributed by atoms with Gasteiger partial charge in [-0.15, -0.1) is 11.3 Å². The van der Waals surface area contributed by atoms with Crippen molar-refractivity contribution in [3.8, 4) is 0 Å². The number of hydrogen-bond donors (Lipinski definition) is 1. The largest absolute Gasteiger partial charge is 0.467 e. The van der Waals surface area contributed by atoms with Crippen LogP contribution in [-0.4, -0.2) is 42.4 Å². The molecule has 3 heterocycles. The van der Waals surface area contributed by atoms with E-state index in [1.54, 1.807) is 30.0 Å². The third-order valence-corrected chi connectivity index (χ3v) is 5.40. The summed E-state index contributed by atoms with van der Waals surface area (Å²) in [5, 5.41) is 4.59. The molecule has 0 radical (unpaired) electrons. The second-order valence-corrected chi connectivity index (χ2v) is 7.40. The van der Waals surface area contributed by atoms with Gasteiger partial charge in [-0.2, -0.15) is 0 Å². The molecule has 0 spiro atoms. The summed E-state index contributed by atoms with van der Waals surface area (Å²) in [6, 6.07) is 6.86. The fourth-order valence-electron chi connectivity index (χ4n) is 3.02. The van der Waals surface area contributed by atoms with Gasteiger partial charge in [0.05, 0.1) is 23.1 Å². The van der Waals surface area contributed by atoms with Gasteiger partial charge in [0.25, 0.3) is 11.8 Å². The lowest BCUT2D eigenvalue weighted by Crippen LogP contribution is -2.41. The lowest BCUT2D eigenvalue weighted by Gasteiger charge is -2.30. The minimum Gasteiger partial charge on any atom is -0.467 e. The Labute approximate surface area is 161 Å². The van der Waals surface area contributed by atoms with Crippen molar-refractivity contribution in [2.24, 2.45) is 5.92 Å². The number of furan rings is 1. The Morgan fingerprint density at radius 2 is 2.07 bits per heavy atom. The van der Waals surface area contributed by atoms with Crippen molar-refractivity contribution in [1.29, 1.82) is 0 Å². The Bertz CT molecular complexity index is 764. The molecule has 1 saturated heterocycles. The SMILES string of the molecule is C[C@@H](NC(=O)COC(=O)C1CCN(C(=O)c2cccs2)CC1)c1ccco1. The molecule has 0 aliphatic carbocycles. The van der Waals surface area contributed by atoms with E-state index in [2.05, 4.69) is 5.32 Å². The van der Waals surface area contributed by atoms with E-state index in [1.165, 1.54) is 17.6 Å². The molecule has 27 heavy (non-hydrogen) atoms. The molecular formula is C19H22N2O5S. The molecule has 0 saturated carbocycles. The number of ether oxygens (including phenoxy) is 1. The van der Waals surface area contributed by atoms with Gasteiger partial charge in [-0.05, 0) is 43.3 Å². The number of esters is 1. The Balaban J connectivity index is 1.39. The topological polar surface area (TPSA) is 88.9 Å². The summed E-state index contributed by atoms with van der Waals surface area (Å²) in [6.45, 7) is 2.49. The lowest BCUT2D eigenvalue weighted by molar-refractivity contribution is -0.154. The molecule has 1 atom stereocenters. The first kappa shape index (κ1) is 19.2. The predicted molar refractivity (Wildman–Crippen MR) is 99.2 cm³/mol. The van der Waals surface area contributed by atoms with Crippen LogP contribution in [0.4, 0.5) is 0 Å².